The molecule has 23 heavy (non-hydrogen) atoms. The van der Waals surface area contributed by atoms with Crippen molar-refractivity contribution in [3.8, 4) is 0 Å². The molecule has 1 amide bonds. The Morgan fingerprint density at radius 1 is 1.39 bits per heavy atom. The molecule has 1 unspecified atom stereocenters. The van der Waals surface area contributed by atoms with Crippen LogP contribution in [-0.2, 0) is 9.53 Å². The van der Waals surface area contributed by atoms with Crippen molar-refractivity contribution in [1.82, 2.24) is 4.90 Å². The lowest BCUT2D eigenvalue weighted by molar-refractivity contribution is -0.117. The van der Waals surface area contributed by atoms with Crippen molar-refractivity contribution in [1.29, 1.82) is 0 Å². The summed E-state index contributed by atoms with van der Waals surface area (Å²) in [6.45, 7) is 8.41. The van der Waals surface area contributed by atoms with Crippen LogP contribution in [0.2, 0.25) is 0 Å². The largest absolute Gasteiger partial charge is 0.377 e. The smallest absolute Gasteiger partial charge is 0.238 e. The predicted octanol–water partition coefficient (Wildman–Crippen LogP) is 3.56. The Balaban J connectivity index is 1.91. The first-order chi connectivity index (χ1) is 11.0. The zero-order valence-electron chi connectivity index (χ0n) is 14.9. The normalized spacial score (nSPS) is 18.4. The predicted molar refractivity (Wildman–Crippen MR) is 95.0 cm³/mol. The van der Waals surface area contributed by atoms with Gasteiger partial charge in [0.15, 0.2) is 0 Å². The van der Waals surface area contributed by atoms with Gasteiger partial charge in [-0.3, -0.25) is 9.69 Å². The minimum atomic E-state index is 0.0412. The van der Waals surface area contributed by atoms with Gasteiger partial charge in [0.25, 0.3) is 0 Å². The van der Waals surface area contributed by atoms with Crippen molar-refractivity contribution >= 4 is 11.6 Å². The summed E-state index contributed by atoms with van der Waals surface area (Å²) < 4.78 is 5.74. The Morgan fingerprint density at radius 2 is 2.17 bits per heavy atom. The van der Waals surface area contributed by atoms with Crippen LogP contribution in [0.1, 0.15) is 50.2 Å². The monoisotopic (exact) mass is 318 g/mol. The van der Waals surface area contributed by atoms with Crippen molar-refractivity contribution in [3.63, 3.8) is 0 Å². The fourth-order valence-electron chi connectivity index (χ4n) is 3.13. The van der Waals surface area contributed by atoms with Crippen LogP contribution >= 0.6 is 0 Å². The summed E-state index contributed by atoms with van der Waals surface area (Å²) in [5.41, 5.74) is 3.27. The van der Waals surface area contributed by atoms with E-state index in [0.29, 0.717) is 12.5 Å². The Morgan fingerprint density at radius 3 is 2.83 bits per heavy atom. The average Bonchev–Trinajstić information content (AvgIpc) is 2.49. The van der Waals surface area contributed by atoms with Crippen LogP contribution in [0.4, 0.5) is 5.69 Å². The van der Waals surface area contributed by atoms with E-state index in [1.54, 1.807) is 0 Å². The van der Waals surface area contributed by atoms with E-state index in [2.05, 4.69) is 30.1 Å². The SMILES string of the molecule is Cc1cccc(C(C)C)c1NC(=O)CN(C)CC1CCCCO1. The Kier molecular flexibility index (Phi) is 6.60. The van der Waals surface area contributed by atoms with Gasteiger partial charge >= 0.3 is 0 Å². The molecule has 1 N–H and O–H groups in total. The first kappa shape index (κ1) is 18.0. The first-order valence-corrected chi connectivity index (χ1v) is 8.67. The molecule has 1 aliphatic rings. The van der Waals surface area contributed by atoms with Gasteiger partial charge in [0, 0.05) is 18.8 Å². The topological polar surface area (TPSA) is 41.6 Å². The molecule has 4 heteroatoms. The lowest BCUT2D eigenvalue weighted by Crippen LogP contribution is -2.38. The first-order valence-electron chi connectivity index (χ1n) is 8.67. The van der Waals surface area contributed by atoms with E-state index >= 15 is 0 Å². The Bertz CT molecular complexity index is 522. The summed E-state index contributed by atoms with van der Waals surface area (Å²) in [4.78, 5) is 14.5. The second kappa shape index (κ2) is 8.46. The lowest BCUT2D eigenvalue weighted by Gasteiger charge is -2.27. The molecule has 4 nitrogen and oxygen atoms in total. The Labute approximate surface area is 140 Å². The third-order valence-corrected chi connectivity index (χ3v) is 4.39. The maximum atomic E-state index is 12.4. The van der Waals surface area contributed by atoms with Gasteiger partial charge in [-0.1, -0.05) is 32.0 Å². The summed E-state index contributed by atoms with van der Waals surface area (Å²) in [5.74, 6) is 0.429. The van der Waals surface area contributed by atoms with Crippen LogP contribution in [0.5, 0.6) is 0 Å². The number of nitrogens with one attached hydrogen (secondary N) is 1. The number of aryl methyl sites for hydroxylation is 1. The van der Waals surface area contributed by atoms with E-state index < -0.39 is 0 Å². The molecule has 2 rings (SSSR count). The highest BCUT2D eigenvalue weighted by molar-refractivity contribution is 5.93. The lowest BCUT2D eigenvalue weighted by atomic mass is 9.98. The summed E-state index contributed by atoms with van der Waals surface area (Å²) >= 11 is 0. The van der Waals surface area contributed by atoms with Gasteiger partial charge < -0.3 is 10.1 Å². The molecule has 1 aromatic carbocycles. The number of hydrogen-bond acceptors (Lipinski definition) is 3. The van der Waals surface area contributed by atoms with Crippen LogP contribution in [-0.4, -0.2) is 43.7 Å². The van der Waals surface area contributed by atoms with Crippen molar-refractivity contribution in [2.24, 2.45) is 0 Å². The molecular formula is C19H30N2O2. The molecule has 1 fully saturated rings. The molecule has 0 radical (unpaired) electrons. The highest BCUT2D eigenvalue weighted by Gasteiger charge is 2.18. The minimum absolute atomic E-state index is 0.0412. The third kappa shape index (κ3) is 5.33. The van der Waals surface area contributed by atoms with Gasteiger partial charge in [0.1, 0.15) is 0 Å². The van der Waals surface area contributed by atoms with Crippen molar-refractivity contribution < 1.29 is 9.53 Å². The number of likely N-dealkylation sites (N-methyl/N-ethyl adjacent to an activating group) is 1. The van der Waals surface area contributed by atoms with Crippen LogP contribution in [0, 0.1) is 6.92 Å². The maximum Gasteiger partial charge on any atom is 0.238 e. The van der Waals surface area contributed by atoms with Gasteiger partial charge in [0.05, 0.1) is 12.6 Å². The number of rotatable bonds is 6. The van der Waals surface area contributed by atoms with E-state index in [1.165, 1.54) is 12.0 Å². The van der Waals surface area contributed by atoms with E-state index in [9.17, 15) is 4.79 Å². The second-order valence-corrected chi connectivity index (χ2v) is 6.93. The van der Waals surface area contributed by atoms with Crippen molar-refractivity contribution in [2.45, 2.75) is 52.1 Å². The zero-order valence-corrected chi connectivity index (χ0v) is 14.9. The van der Waals surface area contributed by atoms with Gasteiger partial charge in [-0.05, 0) is 50.3 Å². The number of hydrogen-bond donors (Lipinski definition) is 1. The molecule has 1 aliphatic heterocycles. The summed E-state index contributed by atoms with van der Waals surface area (Å²) in [6.07, 6.45) is 3.75. The van der Waals surface area contributed by atoms with Crippen LogP contribution in [0.25, 0.3) is 0 Å². The van der Waals surface area contributed by atoms with E-state index in [4.69, 9.17) is 4.74 Å². The minimum Gasteiger partial charge on any atom is -0.377 e. The van der Waals surface area contributed by atoms with E-state index in [1.807, 2.05) is 26.1 Å². The van der Waals surface area contributed by atoms with E-state index in [0.717, 1.165) is 37.2 Å². The average molecular weight is 318 g/mol. The van der Waals surface area contributed by atoms with Crippen molar-refractivity contribution in [3.05, 3.63) is 29.3 Å². The van der Waals surface area contributed by atoms with Crippen LogP contribution in [0.15, 0.2) is 18.2 Å². The summed E-state index contributed by atoms with van der Waals surface area (Å²) in [5, 5.41) is 3.11. The van der Waals surface area contributed by atoms with Gasteiger partial charge in [0.2, 0.25) is 5.91 Å². The molecule has 0 aliphatic carbocycles. The summed E-state index contributed by atoms with van der Waals surface area (Å²) in [6, 6.07) is 6.18. The molecule has 1 saturated heterocycles. The fraction of sp³-hybridized carbons (Fsp3) is 0.632. The highest BCUT2D eigenvalue weighted by atomic mass is 16.5. The molecule has 1 atom stereocenters. The zero-order chi connectivity index (χ0) is 16.8. The number of carbonyl (C=O) groups is 1. The van der Waals surface area contributed by atoms with E-state index in [-0.39, 0.29) is 12.0 Å². The van der Waals surface area contributed by atoms with Gasteiger partial charge in [-0.25, -0.2) is 0 Å². The molecule has 0 saturated carbocycles. The molecular weight excluding hydrogens is 288 g/mol. The number of anilines is 1. The maximum absolute atomic E-state index is 12.4. The van der Waals surface area contributed by atoms with Crippen LogP contribution in [0.3, 0.4) is 0 Å². The van der Waals surface area contributed by atoms with Crippen LogP contribution < -0.4 is 5.32 Å². The second-order valence-electron chi connectivity index (χ2n) is 6.93. The van der Waals surface area contributed by atoms with Gasteiger partial charge in [-0.15, -0.1) is 0 Å². The number of carbonyl (C=O) groups excluding carboxylic acids is 1. The quantitative estimate of drug-likeness (QED) is 0.872. The summed E-state index contributed by atoms with van der Waals surface area (Å²) in [7, 11) is 1.98. The Hall–Kier alpha value is -1.39. The molecule has 0 aromatic heterocycles. The number of para-hydroxylation sites is 1. The number of ether oxygens (including phenoxy) is 1. The molecule has 128 valence electrons. The molecule has 1 aromatic rings. The highest BCUT2D eigenvalue weighted by Crippen LogP contribution is 2.27. The number of benzene rings is 1. The molecule has 0 spiro atoms. The fourth-order valence-corrected chi connectivity index (χ4v) is 3.13. The van der Waals surface area contributed by atoms with Crippen molar-refractivity contribution in [2.75, 3.05) is 32.1 Å². The van der Waals surface area contributed by atoms with Gasteiger partial charge in [-0.2, -0.15) is 0 Å². The number of amides is 1. The standard InChI is InChI=1S/C19H30N2O2/c1-14(2)17-10-7-8-15(3)19(17)20-18(22)13-21(4)12-16-9-5-6-11-23-16/h7-8,10,14,16H,5-6,9,11-13H2,1-4H3,(H,20,22). The molecule has 0 bridgehead atoms. The molecule has 1 heterocycles. The number of nitrogens with zero attached hydrogens (tertiary/aromatic N) is 1. The third-order valence-electron chi connectivity index (χ3n) is 4.39.